The second-order valence-corrected chi connectivity index (χ2v) is 7.04. The smallest absolute Gasteiger partial charge is 0.244 e. The average molecular weight is 386 g/mol. The maximum atomic E-state index is 12.2. The van der Waals surface area contributed by atoms with E-state index in [2.05, 4.69) is 10.3 Å². The normalized spacial score (nSPS) is 11.0. The molecule has 1 amide bonds. The van der Waals surface area contributed by atoms with Gasteiger partial charge in [0.2, 0.25) is 5.91 Å². The highest BCUT2D eigenvalue weighted by atomic mass is 32.1. The van der Waals surface area contributed by atoms with Gasteiger partial charge >= 0.3 is 0 Å². The summed E-state index contributed by atoms with van der Waals surface area (Å²) in [5.74, 6) is -0.151. The third-order valence-corrected chi connectivity index (χ3v) is 5.02. The lowest BCUT2D eigenvalue weighted by molar-refractivity contribution is -0.116. The van der Waals surface area contributed by atoms with Gasteiger partial charge in [0.15, 0.2) is 0 Å². The Morgan fingerprint density at radius 2 is 1.89 bits per heavy atom. The van der Waals surface area contributed by atoms with Gasteiger partial charge in [-0.15, -0.1) is 11.3 Å². The van der Waals surface area contributed by atoms with Gasteiger partial charge in [-0.05, 0) is 47.4 Å². The van der Waals surface area contributed by atoms with Gasteiger partial charge in [0.1, 0.15) is 5.69 Å². The Morgan fingerprint density at radius 3 is 2.64 bits per heavy atom. The minimum Gasteiger partial charge on any atom is -0.348 e. The molecule has 1 aromatic carbocycles. The Bertz CT molecular complexity index is 1070. The second-order valence-electron chi connectivity index (χ2n) is 6.10. The molecule has 4 aromatic rings. The first kappa shape index (κ1) is 17.9. The first-order valence-electron chi connectivity index (χ1n) is 8.83. The highest BCUT2D eigenvalue weighted by molar-refractivity contribution is 7.13. The number of amides is 1. The summed E-state index contributed by atoms with van der Waals surface area (Å²) in [5, 5.41) is 9.64. The van der Waals surface area contributed by atoms with Crippen LogP contribution in [-0.2, 0) is 11.3 Å². The number of nitrogens with one attached hydrogen (secondary N) is 1. The fraction of sp³-hybridized carbons (Fsp3) is 0.0455. The van der Waals surface area contributed by atoms with Crippen LogP contribution in [0.3, 0.4) is 0 Å². The quantitative estimate of drug-likeness (QED) is 0.502. The molecule has 0 saturated carbocycles. The fourth-order valence-corrected chi connectivity index (χ4v) is 3.47. The van der Waals surface area contributed by atoms with E-state index in [4.69, 9.17) is 5.10 Å². The first-order chi connectivity index (χ1) is 13.8. The number of hydrogen-bond donors (Lipinski definition) is 1. The number of hydrogen-bond acceptors (Lipinski definition) is 4. The van der Waals surface area contributed by atoms with Crippen LogP contribution < -0.4 is 5.32 Å². The summed E-state index contributed by atoms with van der Waals surface area (Å²) < 4.78 is 1.84. The lowest BCUT2D eigenvalue weighted by atomic mass is 10.2. The monoisotopic (exact) mass is 386 g/mol. The van der Waals surface area contributed by atoms with E-state index in [1.54, 1.807) is 29.8 Å². The van der Waals surface area contributed by atoms with E-state index in [-0.39, 0.29) is 5.91 Å². The van der Waals surface area contributed by atoms with Gasteiger partial charge in [0.25, 0.3) is 0 Å². The Morgan fingerprint density at radius 1 is 1.07 bits per heavy atom. The van der Waals surface area contributed by atoms with Gasteiger partial charge in [-0.2, -0.15) is 5.10 Å². The highest BCUT2D eigenvalue weighted by Gasteiger charge is 2.11. The molecule has 138 valence electrons. The van der Waals surface area contributed by atoms with Crippen LogP contribution in [0.1, 0.15) is 11.1 Å². The molecule has 0 unspecified atom stereocenters. The van der Waals surface area contributed by atoms with Crippen LogP contribution in [0, 0.1) is 0 Å². The van der Waals surface area contributed by atoms with E-state index in [0.29, 0.717) is 6.54 Å². The fourth-order valence-electron chi connectivity index (χ4n) is 2.74. The first-order valence-corrected chi connectivity index (χ1v) is 9.71. The molecule has 3 aromatic heterocycles. The molecule has 4 rings (SSSR count). The predicted molar refractivity (Wildman–Crippen MR) is 112 cm³/mol. The van der Waals surface area contributed by atoms with Crippen LogP contribution in [-0.4, -0.2) is 20.7 Å². The molecule has 0 spiro atoms. The minimum absolute atomic E-state index is 0.151. The number of aromatic nitrogens is 3. The molecule has 0 saturated heterocycles. The van der Waals surface area contributed by atoms with Crippen molar-refractivity contribution in [3.63, 3.8) is 0 Å². The molecular formula is C22H18N4OS. The SMILES string of the molecule is O=C(/C=C/c1cn(-c2ccccc2)nc1-c1cccs1)NCc1ccncc1. The number of benzene rings is 1. The van der Waals surface area contributed by atoms with Gasteiger partial charge in [-0.3, -0.25) is 9.78 Å². The van der Waals surface area contributed by atoms with Crippen LogP contribution >= 0.6 is 11.3 Å². The molecular weight excluding hydrogens is 368 g/mol. The third-order valence-electron chi connectivity index (χ3n) is 4.15. The zero-order valence-electron chi connectivity index (χ0n) is 15.0. The number of carbonyl (C=O) groups excluding carboxylic acids is 1. The molecule has 1 N–H and O–H groups in total. The average Bonchev–Trinajstić information content (AvgIpc) is 3.42. The molecule has 6 heteroatoms. The number of rotatable bonds is 6. The Kier molecular flexibility index (Phi) is 5.40. The van der Waals surface area contributed by atoms with Gasteiger partial charge in [-0.1, -0.05) is 24.3 Å². The summed E-state index contributed by atoms with van der Waals surface area (Å²) in [7, 11) is 0. The lowest BCUT2D eigenvalue weighted by Gasteiger charge is -2.01. The number of para-hydroxylation sites is 1. The van der Waals surface area contributed by atoms with Crippen molar-refractivity contribution in [3.8, 4) is 16.3 Å². The molecule has 0 bridgehead atoms. The van der Waals surface area contributed by atoms with Gasteiger partial charge in [-0.25, -0.2) is 4.68 Å². The Balaban J connectivity index is 1.55. The molecule has 0 atom stereocenters. The maximum Gasteiger partial charge on any atom is 0.244 e. The lowest BCUT2D eigenvalue weighted by Crippen LogP contribution is -2.20. The summed E-state index contributed by atoms with van der Waals surface area (Å²) in [5.41, 5.74) is 3.73. The molecule has 0 aliphatic rings. The van der Waals surface area contributed by atoms with E-state index in [0.717, 1.165) is 27.4 Å². The van der Waals surface area contributed by atoms with Crippen molar-refractivity contribution >= 4 is 23.3 Å². The van der Waals surface area contributed by atoms with Crippen LogP contribution in [0.15, 0.2) is 84.6 Å². The van der Waals surface area contributed by atoms with E-state index < -0.39 is 0 Å². The van der Waals surface area contributed by atoms with Crippen molar-refractivity contribution in [1.82, 2.24) is 20.1 Å². The van der Waals surface area contributed by atoms with E-state index in [1.807, 2.05) is 76.9 Å². The van der Waals surface area contributed by atoms with Crippen molar-refractivity contribution in [2.45, 2.75) is 6.54 Å². The van der Waals surface area contributed by atoms with Crippen LogP contribution in [0.5, 0.6) is 0 Å². The van der Waals surface area contributed by atoms with Gasteiger partial charge in [0.05, 0.1) is 10.6 Å². The zero-order chi connectivity index (χ0) is 19.2. The standard InChI is InChI=1S/C22H18N4OS/c27-21(24-15-17-10-12-23-13-11-17)9-8-18-16-26(19-5-2-1-3-6-19)25-22(18)20-7-4-14-28-20/h1-14,16H,15H2,(H,24,27)/b9-8+. The van der Waals surface area contributed by atoms with Crippen molar-refractivity contribution < 1.29 is 4.79 Å². The molecule has 0 aliphatic carbocycles. The topological polar surface area (TPSA) is 59.8 Å². The van der Waals surface area contributed by atoms with Crippen LogP contribution in [0.2, 0.25) is 0 Å². The Hall–Kier alpha value is -3.51. The molecule has 0 radical (unpaired) electrons. The van der Waals surface area contributed by atoms with Crippen molar-refractivity contribution in [2.24, 2.45) is 0 Å². The van der Waals surface area contributed by atoms with E-state index in [9.17, 15) is 4.79 Å². The van der Waals surface area contributed by atoms with Crippen molar-refractivity contribution in [3.05, 3.63) is 95.8 Å². The summed E-state index contributed by atoms with van der Waals surface area (Å²) in [4.78, 5) is 17.3. The zero-order valence-corrected chi connectivity index (χ0v) is 15.8. The summed E-state index contributed by atoms with van der Waals surface area (Å²) in [6, 6.07) is 17.7. The molecule has 5 nitrogen and oxygen atoms in total. The molecule has 28 heavy (non-hydrogen) atoms. The predicted octanol–water partition coefficient (Wildman–Crippen LogP) is 4.33. The summed E-state index contributed by atoms with van der Waals surface area (Å²) >= 11 is 1.62. The van der Waals surface area contributed by atoms with Gasteiger partial charge in [0, 0.05) is 36.8 Å². The van der Waals surface area contributed by atoms with Crippen molar-refractivity contribution in [2.75, 3.05) is 0 Å². The molecule has 0 fully saturated rings. The number of pyridine rings is 1. The summed E-state index contributed by atoms with van der Waals surface area (Å²) in [6.07, 6.45) is 8.72. The third kappa shape index (κ3) is 4.24. The molecule has 0 aliphatic heterocycles. The molecule has 3 heterocycles. The maximum absolute atomic E-state index is 12.2. The summed E-state index contributed by atoms with van der Waals surface area (Å²) in [6.45, 7) is 0.465. The second kappa shape index (κ2) is 8.45. The highest BCUT2D eigenvalue weighted by Crippen LogP contribution is 2.28. The largest absolute Gasteiger partial charge is 0.348 e. The van der Waals surface area contributed by atoms with E-state index >= 15 is 0 Å². The number of thiophene rings is 1. The van der Waals surface area contributed by atoms with Gasteiger partial charge < -0.3 is 5.32 Å². The number of carbonyl (C=O) groups is 1. The van der Waals surface area contributed by atoms with Crippen molar-refractivity contribution in [1.29, 1.82) is 0 Å². The minimum atomic E-state index is -0.151. The van der Waals surface area contributed by atoms with Crippen LogP contribution in [0.25, 0.3) is 22.3 Å². The Labute approximate surface area is 167 Å². The number of nitrogens with zero attached hydrogens (tertiary/aromatic N) is 3. The van der Waals surface area contributed by atoms with E-state index in [1.165, 1.54) is 0 Å². The van der Waals surface area contributed by atoms with Crippen LogP contribution in [0.4, 0.5) is 0 Å².